The van der Waals surface area contributed by atoms with E-state index in [2.05, 4.69) is 78.7 Å². The Morgan fingerprint density at radius 1 is 1.09 bits per heavy atom. The van der Waals surface area contributed by atoms with Crippen LogP contribution in [0.25, 0.3) is 16.6 Å². The van der Waals surface area contributed by atoms with Crippen LogP contribution in [0.3, 0.4) is 0 Å². The Hall–Kier alpha value is -2.48. The summed E-state index contributed by atoms with van der Waals surface area (Å²) in [6.07, 6.45) is 4.42. The van der Waals surface area contributed by atoms with Crippen molar-refractivity contribution in [1.82, 2.24) is 4.57 Å². The third-order valence-electron chi connectivity index (χ3n) is 4.86. The second kappa shape index (κ2) is 5.31. The van der Waals surface area contributed by atoms with Crippen molar-refractivity contribution in [2.75, 3.05) is 4.90 Å². The first kappa shape index (κ1) is 14.1. The van der Waals surface area contributed by atoms with Gasteiger partial charge in [-0.3, -0.25) is 0 Å². The van der Waals surface area contributed by atoms with Crippen LogP contribution in [-0.4, -0.2) is 4.57 Å². The maximum atomic E-state index is 4.36. The minimum Gasteiger partial charge on any atom is -0.350 e. The number of nitrogens with zero attached hydrogens (tertiary/aromatic N) is 2. The molecule has 0 N–H and O–H groups in total. The van der Waals surface area contributed by atoms with Gasteiger partial charge in [-0.2, -0.15) is 0 Å². The molecule has 3 aromatic rings. The summed E-state index contributed by atoms with van der Waals surface area (Å²) in [5.74, 6) is 0. The fourth-order valence-corrected chi connectivity index (χ4v) is 3.55. The Labute approximate surface area is 137 Å². The molecule has 1 aliphatic heterocycles. The van der Waals surface area contributed by atoms with Gasteiger partial charge in [0, 0.05) is 42.3 Å². The van der Waals surface area contributed by atoms with Crippen LogP contribution in [0, 0.1) is 0 Å². The lowest BCUT2D eigenvalue weighted by molar-refractivity contribution is 0.920. The van der Waals surface area contributed by atoms with E-state index >= 15 is 0 Å². The Bertz CT molecular complexity index is 901. The highest BCUT2D eigenvalue weighted by molar-refractivity contribution is 5.89. The molecule has 1 aromatic heterocycles. The first-order valence-electron chi connectivity index (χ1n) is 8.31. The number of aromatic nitrogens is 1. The second-order valence-electron chi connectivity index (χ2n) is 6.44. The van der Waals surface area contributed by atoms with Gasteiger partial charge in [0.25, 0.3) is 0 Å². The molecule has 2 heteroatoms. The first-order chi connectivity index (χ1) is 11.2. The zero-order chi connectivity index (χ0) is 16.0. The number of anilines is 1. The molecule has 0 saturated carbocycles. The molecular formula is C21H22N2. The number of aryl methyl sites for hydroxylation is 2. The molecule has 0 bridgehead atoms. The number of hydrogen-bond donors (Lipinski definition) is 0. The van der Waals surface area contributed by atoms with Crippen molar-refractivity contribution in [1.29, 1.82) is 0 Å². The van der Waals surface area contributed by atoms with E-state index in [9.17, 15) is 0 Å². The molecule has 0 amide bonds. The summed E-state index contributed by atoms with van der Waals surface area (Å²) in [6.45, 7) is 7.50. The molecule has 2 aromatic carbocycles. The maximum absolute atomic E-state index is 4.36. The molecule has 1 aliphatic rings. The summed E-state index contributed by atoms with van der Waals surface area (Å²) in [5, 5.41) is 1.28. The van der Waals surface area contributed by atoms with E-state index in [1.165, 1.54) is 39.7 Å². The summed E-state index contributed by atoms with van der Waals surface area (Å²) in [5.41, 5.74) is 7.69. The standard InChI is InChI=1S/C21H22N2/c1-4-5-16-6-7-18-14-23(15(2)20(18)12-16)19-9-8-17-10-11-22(3)21(17)13-19/h6-13H,2,4-5,14H2,1,3H3. The van der Waals surface area contributed by atoms with Crippen LogP contribution in [0.15, 0.2) is 55.2 Å². The van der Waals surface area contributed by atoms with Gasteiger partial charge in [0.2, 0.25) is 0 Å². The van der Waals surface area contributed by atoms with Gasteiger partial charge in [0.15, 0.2) is 0 Å². The van der Waals surface area contributed by atoms with E-state index in [1.807, 2.05) is 0 Å². The van der Waals surface area contributed by atoms with Gasteiger partial charge >= 0.3 is 0 Å². The summed E-state index contributed by atoms with van der Waals surface area (Å²) >= 11 is 0. The largest absolute Gasteiger partial charge is 0.350 e. The number of rotatable bonds is 3. The van der Waals surface area contributed by atoms with E-state index in [-0.39, 0.29) is 0 Å². The Morgan fingerprint density at radius 2 is 1.96 bits per heavy atom. The minimum absolute atomic E-state index is 0.913. The van der Waals surface area contributed by atoms with E-state index < -0.39 is 0 Å². The zero-order valence-corrected chi connectivity index (χ0v) is 13.8. The third kappa shape index (κ3) is 2.26. The molecule has 4 rings (SSSR count). The summed E-state index contributed by atoms with van der Waals surface area (Å²) < 4.78 is 2.17. The number of hydrogen-bond acceptors (Lipinski definition) is 1. The second-order valence-corrected chi connectivity index (χ2v) is 6.44. The van der Waals surface area contributed by atoms with Crippen molar-refractivity contribution in [3.05, 3.63) is 71.9 Å². The zero-order valence-electron chi connectivity index (χ0n) is 13.8. The van der Waals surface area contributed by atoms with Crippen molar-refractivity contribution in [2.45, 2.75) is 26.3 Å². The van der Waals surface area contributed by atoms with Crippen LogP contribution in [0.4, 0.5) is 5.69 Å². The third-order valence-corrected chi connectivity index (χ3v) is 4.86. The summed E-state index contributed by atoms with van der Waals surface area (Å²) in [7, 11) is 2.09. The highest BCUT2D eigenvalue weighted by Gasteiger charge is 2.24. The highest BCUT2D eigenvalue weighted by atomic mass is 15.2. The molecule has 2 heterocycles. The van der Waals surface area contributed by atoms with E-state index in [4.69, 9.17) is 0 Å². The normalized spacial score (nSPS) is 13.8. The molecule has 23 heavy (non-hydrogen) atoms. The van der Waals surface area contributed by atoms with Gasteiger partial charge in [-0.1, -0.05) is 38.1 Å². The van der Waals surface area contributed by atoms with Gasteiger partial charge in [-0.05, 0) is 47.2 Å². The topological polar surface area (TPSA) is 8.17 Å². The van der Waals surface area contributed by atoms with Crippen molar-refractivity contribution in [3.8, 4) is 0 Å². The molecule has 0 unspecified atom stereocenters. The van der Waals surface area contributed by atoms with Crippen molar-refractivity contribution in [2.24, 2.45) is 7.05 Å². The highest BCUT2D eigenvalue weighted by Crippen LogP contribution is 2.37. The monoisotopic (exact) mass is 302 g/mol. The Kier molecular flexibility index (Phi) is 3.26. The molecule has 0 atom stereocenters. The van der Waals surface area contributed by atoms with Crippen LogP contribution in [0.5, 0.6) is 0 Å². The van der Waals surface area contributed by atoms with Gasteiger partial charge < -0.3 is 9.47 Å². The van der Waals surface area contributed by atoms with Gasteiger partial charge in [0.05, 0.1) is 0 Å². The Balaban J connectivity index is 1.72. The lowest BCUT2D eigenvalue weighted by Gasteiger charge is -2.20. The van der Waals surface area contributed by atoms with Crippen LogP contribution >= 0.6 is 0 Å². The predicted octanol–water partition coefficient (Wildman–Crippen LogP) is 5.12. The molecule has 0 aliphatic carbocycles. The van der Waals surface area contributed by atoms with Crippen molar-refractivity contribution >= 4 is 22.3 Å². The molecular weight excluding hydrogens is 280 g/mol. The average Bonchev–Trinajstić information content (AvgIpc) is 3.09. The molecule has 2 nitrogen and oxygen atoms in total. The minimum atomic E-state index is 0.913. The molecule has 0 radical (unpaired) electrons. The maximum Gasteiger partial charge on any atom is 0.0498 e. The molecule has 0 saturated heterocycles. The predicted molar refractivity (Wildman–Crippen MR) is 98.6 cm³/mol. The van der Waals surface area contributed by atoms with Gasteiger partial charge in [-0.15, -0.1) is 0 Å². The van der Waals surface area contributed by atoms with Crippen LogP contribution in [0.2, 0.25) is 0 Å². The van der Waals surface area contributed by atoms with Crippen LogP contribution in [-0.2, 0) is 20.0 Å². The summed E-state index contributed by atoms with van der Waals surface area (Å²) in [4.78, 5) is 2.33. The van der Waals surface area contributed by atoms with Crippen molar-refractivity contribution in [3.63, 3.8) is 0 Å². The summed E-state index contributed by atoms with van der Waals surface area (Å²) in [6, 6.07) is 15.7. The van der Waals surface area contributed by atoms with E-state index in [1.54, 1.807) is 0 Å². The lowest BCUT2D eigenvalue weighted by atomic mass is 10.0. The Morgan fingerprint density at radius 3 is 2.78 bits per heavy atom. The van der Waals surface area contributed by atoms with Crippen LogP contribution < -0.4 is 4.90 Å². The van der Waals surface area contributed by atoms with E-state index in [0.717, 1.165) is 18.7 Å². The van der Waals surface area contributed by atoms with Gasteiger partial charge in [0.1, 0.15) is 0 Å². The SMILES string of the molecule is C=C1c2cc(CCC)ccc2CN1c1ccc2ccn(C)c2c1. The fourth-order valence-electron chi connectivity index (χ4n) is 3.55. The average molecular weight is 302 g/mol. The van der Waals surface area contributed by atoms with Crippen molar-refractivity contribution < 1.29 is 0 Å². The smallest absolute Gasteiger partial charge is 0.0498 e. The molecule has 0 spiro atoms. The number of fused-ring (bicyclic) bond motifs is 2. The van der Waals surface area contributed by atoms with Crippen LogP contribution in [0.1, 0.15) is 30.0 Å². The van der Waals surface area contributed by atoms with Gasteiger partial charge in [-0.25, -0.2) is 0 Å². The quantitative estimate of drug-likeness (QED) is 0.652. The molecule has 116 valence electrons. The fraction of sp³-hybridized carbons (Fsp3) is 0.238. The first-order valence-corrected chi connectivity index (χ1v) is 8.31. The molecule has 0 fully saturated rings. The lowest BCUT2D eigenvalue weighted by Crippen LogP contribution is -2.12. The number of benzene rings is 2. The van der Waals surface area contributed by atoms with E-state index in [0.29, 0.717) is 0 Å².